The Labute approximate surface area is 180 Å². The molecule has 0 atom stereocenters. The molecule has 3 N–H and O–H groups in total. The molecule has 1 aliphatic heterocycles. The van der Waals surface area contributed by atoms with E-state index < -0.39 is 5.82 Å². The van der Waals surface area contributed by atoms with Crippen molar-refractivity contribution in [1.29, 1.82) is 0 Å². The van der Waals surface area contributed by atoms with E-state index in [4.69, 9.17) is 10.5 Å². The highest BCUT2D eigenvalue weighted by Crippen LogP contribution is 2.38. The molecule has 1 aromatic carbocycles. The van der Waals surface area contributed by atoms with E-state index in [1.807, 2.05) is 26.0 Å². The number of nitrogens with one attached hydrogen (secondary N) is 1. The Hall–Kier alpha value is -3.52. The van der Waals surface area contributed by atoms with Crippen LogP contribution >= 0.6 is 0 Å². The monoisotopic (exact) mass is 421 g/mol. The summed E-state index contributed by atoms with van der Waals surface area (Å²) in [5.74, 6) is 0.799. The van der Waals surface area contributed by atoms with E-state index in [1.54, 1.807) is 29.2 Å². The van der Waals surface area contributed by atoms with Crippen molar-refractivity contribution < 1.29 is 13.9 Å². The lowest BCUT2D eigenvalue weighted by atomic mass is 10.0. The van der Waals surface area contributed by atoms with Crippen LogP contribution in [0.4, 0.5) is 16.0 Å². The zero-order chi connectivity index (χ0) is 22.2. The number of ether oxygens (including phenoxy) is 1. The minimum atomic E-state index is -0.459. The van der Waals surface area contributed by atoms with Crippen LogP contribution in [-0.2, 0) is 6.54 Å². The first-order valence-electron chi connectivity index (χ1n) is 9.92. The summed E-state index contributed by atoms with van der Waals surface area (Å²) in [6, 6.07) is 11.7. The molecule has 0 saturated carbocycles. The molecule has 4 rings (SSSR count). The highest BCUT2D eigenvalue weighted by molar-refractivity contribution is 6.10. The Morgan fingerprint density at radius 1 is 1.23 bits per heavy atom. The molecule has 0 radical (unpaired) electrons. The van der Waals surface area contributed by atoms with Gasteiger partial charge in [-0.1, -0.05) is 12.1 Å². The summed E-state index contributed by atoms with van der Waals surface area (Å²) in [6.07, 6.45) is 1.51. The molecule has 0 unspecified atom stereocenters. The number of benzene rings is 1. The number of rotatable bonds is 6. The maximum Gasteiger partial charge on any atom is 0.260 e. The predicted molar refractivity (Wildman–Crippen MR) is 118 cm³/mol. The van der Waals surface area contributed by atoms with E-state index in [1.165, 1.54) is 19.4 Å². The second-order valence-corrected chi connectivity index (χ2v) is 7.99. The fourth-order valence-electron chi connectivity index (χ4n) is 3.57. The number of anilines is 2. The number of amides is 1. The van der Waals surface area contributed by atoms with E-state index in [9.17, 15) is 9.18 Å². The van der Waals surface area contributed by atoms with Gasteiger partial charge >= 0.3 is 0 Å². The first kappa shape index (κ1) is 20.7. The number of fused-ring (bicyclic) bond motifs is 1. The van der Waals surface area contributed by atoms with Crippen LogP contribution in [0.5, 0.6) is 5.75 Å². The first-order valence-corrected chi connectivity index (χ1v) is 9.92. The zero-order valence-electron chi connectivity index (χ0n) is 17.6. The highest BCUT2D eigenvalue weighted by atomic mass is 19.1. The summed E-state index contributed by atoms with van der Waals surface area (Å²) in [5.41, 5.74) is 7.19. The number of halogens is 1. The van der Waals surface area contributed by atoms with E-state index in [-0.39, 0.29) is 23.6 Å². The number of nitrogens with two attached hydrogens (primary N) is 1. The number of hydrogen-bond donors (Lipinski definition) is 2. The Morgan fingerprint density at radius 2 is 2.00 bits per heavy atom. The normalized spacial score (nSPS) is 13.3. The molecule has 3 heterocycles. The van der Waals surface area contributed by atoms with Crippen molar-refractivity contribution in [3.05, 3.63) is 65.6 Å². The van der Waals surface area contributed by atoms with Crippen molar-refractivity contribution in [3.8, 4) is 17.0 Å². The molecule has 0 saturated heterocycles. The number of nitrogens with zero attached hydrogens (tertiary/aromatic N) is 3. The minimum Gasteiger partial charge on any atom is -0.496 e. The van der Waals surface area contributed by atoms with Crippen LogP contribution < -0.4 is 20.7 Å². The van der Waals surface area contributed by atoms with Crippen LogP contribution in [0.25, 0.3) is 11.3 Å². The lowest BCUT2D eigenvalue weighted by Gasteiger charge is -2.25. The summed E-state index contributed by atoms with van der Waals surface area (Å²) in [7, 11) is 1.48. The maximum absolute atomic E-state index is 14.7. The Bertz CT molecular complexity index is 1150. The molecule has 160 valence electrons. The number of aromatic nitrogens is 2. The van der Waals surface area contributed by atoms with E-state index in [0.717, 1.165) is 0 Å². The second kappa shape index (κ2) is 7.96. The fraction of sp³-hybridized carbons (Fsp3) is 0.261. The molecular formula is C23H24FN5O2. The van der Waals surface area contributed by atoms with Gasteiger partial charge < -0.3 is 15.8 Å². The van der Waals surface area contributed by atoms with Gasteiger partial charge in [-0.2, -0.15) is 0 Å². The van der Waals surface area contributed by atoms with Crippen molar-refractivity contribution in [2.75, 3.05) is 23.9 Å². The third-order valence-corrected chi connectivity index (χ3v) is 5.27. The van der Waals surface area contributed by atoms with Crippen LogP contribution in [0.15, 0.2) is 48.7 Å². The number of carbonyl (C=O) groups is 1. The average molecular weight is 421 g/mol. The van der Waals surface area contributed by atoms with Crippen LogP contribution in [0.3, 0.4) is 0 Å². The quantitative estimate of drug-likeness (QED) is 0.632. The van der Waals surface area contributed by atoms with Crippen molar-refractivity contribution in [2.45, 2.75) is 25.9 Å². The van der Waals surface area contributed by atoms with E-state index in [0.29, 0.717) is 40.8 Å². The van der Waals surface area contributed by atoms with E-state index in [2.05, 4.69) is 15.3 Å². The van der Waals surface area contributed by atoms with Gasteiger partial charge in [0.05, 0.1) is 24.9 Å². The molecule has 0 fully saturated rings. The first-order chi connectivity index (χ1) is 14.8. The highest BCUT2D eigenvalue weighted by Gasteiger charge is 2.33. The van der Waals surface area contributed by atoms with Gasteiger partial charge in [0.25, 0.3) is 5.91 Å². The molecule has 8 heteroatoms. The topological polar surface area (TPSA) is 93.4 Å². The van der Waals surface area contributed by atoms with Gasteiger partial charge in [0, 0.05) is 29.4 Å². The molecule has 0 aliphatic carbocycles. The lowest BCUT2D eigenvalue weighted by Crippen LogP contribution is -2.39. The molecule has 3 aromatic rings. The van der Waals surface area contributed by atoms with Gasteiger partial charge in [0.1, 0.15) is 23.2 Å². The Balaban J connectivity index is 1.73. The molecular weight excluding hydrogens is 397 g/mol. The number of methoxy groups -OCH3 is 1. The van der Waals surface area contributed by atoms with Gasteiger partial charge in [-0.05, 0) is 44.2 Å². The predicted octanol–water partition coefficient (Wildman–Crippen LogP) is 3.60. The van der Waals surface area contributed by atoms with Crippen molar-refractivity contribution in [1.82, 2.24) is 9.97 Å². The van der Waals surface area contributed by atoms with Crippen molar-refractivity contribution in [3.63, 3.8) is 0 Å². The Morgan fingerprint density at radius 3 is 2.74 bits per heavy atom. The van der Waals surface area contributed by atoms with E-state index >= 15 is 0 Å². The van der Waals surface area contributed by atoms with Crippen molar-refractivity contribution >= 4 is 17.5 Å². The third kappa shape index (κ3) is 3.82. The van der Waals surface area contributed by atoms with Gasteiger partial charge in [-0.25, -0.2) is 9.37 Å². The van der Waals surface area contributed by atoms with Gasteiger partial charge in [-0.3, -0.25) is 14.7 Å². The smallest absolute Gasteiger partial charge is 0.260 e. The molecule has 2 aromatic heterocycles. The van der Waals surface area contributed by atoms with Gasteiger partial charge in [0.15, 0.2) is 0 Å². The number of carbonyl (C=O) groups excluding carboxylic acids is 1. The number of hydrogen-bond acceptors (Lipinski definition) is 6. The Kier molecular flexibility index (Phi) is 5.32. The minimum absolute atomic E-state index is 0.211. The lowest BCUT2D eigenvalue weighted by molar-refractivity contribution is 0.0996. The summed E-state index contributed by atoms with van der Waals surface area (Å²) in [5, 5.41) is 3.28. The second-order valence-electron chi connectivity index (χ2n) is 7.99. The van der Waals surface area contributed by atoms with Gasteiger partial charge in [0.2, 0.25) is 0 Å². The average Bonchev–Trinajstić information content (AvgIpc) is 3.10. The largest absolute Gasteiger partial charge is 0.496 e. The zero-order valence-corrected chi connectivity index (χ0v) is 17.6. The summed E-state index contributed by atoms with van der Waals surface area (Å²) < 4.78 is 20.0. The van der Waals surface area contributed by atoms with Crippen LogP contribution in [-0.4, -0.2) is 35.1 Å². The molecule has 7 nitrogen and oxygen atoms in total. The summed E-state index contributed by atoms with van der Waals surface area (Å²) in [4.78, 5) is 23.7. The standard InChI is InChI=1S/C23H24FN5O2/c1-23(2,13-25)28-18-8-5-9-19(27-18)29-12-15-14(22(29)30)10-11-26-21(15)20-16(24)6-4-7-17(20)31-3/h4-11H,12-13,25H2,1-3H3,(H,27,28). The number of pyridine rings is 2. The molecule has 31 heavy (non-hydrogen) atoms. The summed E-state index contributed by atoms with van der Waals surface area (Å²) >= 11 is 0. The molecule has 1 amide bonds. The third-order valence-electron chi connectivity index (χ3n) is 5.27. The molecule has 1 aliphatic rings. The maximum atomic E-state index is 14.7. The molecule has 0 spiro atoms. The summed E-state index contributed by atoms with van der Waals surface area (Å²) in [6.45, 7) is 4.59. The SMILES string of the molecule is COc1cccc(F)c1-c1nccc2c1CN(c1cccc(NC(C)(C)CN)n1)C2=O. The van der Waals surface area contributed by atoms with Crippen LogP contribution in [0.2, 0.25) is 0 Å². The van der Waals surface area contributed by atoms with Crippen LogP contribution in [0.1, 0.15) is 29.8 Å². The van der Waals surface area contributed by atoms with Crippen LogP contribution in [0, 0.1) is 5.82 Å². The molecule has 0 bridgehead atoms. The fourth-order valence-corrected chi connectivity index (χ4v) is 3.57. The van der Waals surface area contributed by atoms with Crippen molar-refractivity contribution in [2.24, 2.45) is 5.73 Å². The van der Waals surface area contributed by atoms with Gasteiger partial charge in [-0.15, -0.1) is 0 Å².